The molecule has 0 aromatic heterocycles. The molecule has 0 N–H and O–H groups in total. The number of rotatable bonds is 2. The number of hydrogen-bond acceptors (Lipinski definition) is 0. The number of nitrogens with zero attached hydrogens (tertiary/aromatic N) is 2. The smallest absolute Gasteiger partial charge is 0.129 e. The molecule has 18 heavy (non-hydrogen) atoms. The van der Waals surface area contributed by atoms with Crippen molar-refractivity contribution in [3.63, 3.8) is 0 Å². The summed E-state index contributed by atoms with van der Waals surface area (Å²) in [4.78, 5) is 0. The second-order valence-electron chi connectivity index (χ2n) is 6.43. The van der Waals surface area contributed by atoms with E-state index in [1.165, 1.54) is 93.4 Å². The summed E-state index contributed by atoms with van der Waals surface area (Å²) < 4.78 is 2.86. The van der Waals surface area contributed by atoms with Gasteiger partial charge in [0.2, 0.25) is 0 Å². The quantitative estimate of drug-likeness (QED) is 0.610. The van der Waals surface area contributed by atoms with Gasteiger partial charge < -0.3 is 25.9 Å². The highest BCUT2D eigenvalue weighted by Gasteiger charge is 2.39. The van der Waals surface area contributed by atoms with Crippen LogP contribution in [0, 0.1) is 0 Å². The zero-order valence-corrected chi connectivity index (χ0v) is 14.1. The third kappa shape index (κ3) is 3.71. The van der Waals surface area contributed by atoms with Gasteiger partial charge in [0.15, 0.2) is 0 Å². The number of halogens is 1. The molecule has 0 bridgehead atoms. The summed E-state index contributed by atoms with van der Waals surface area (Å²) in [5.74, 6) is 0. The minimum atomic E-state index is 0. The van der Waals surface area contributed by atoms with Crippen LogP contribution in [0.3, 0.4) is 0 Å². The predicted molar refractivity (Wildman–Crippen MR) is 73.9 cm³/mol. The fraction of sp³-hybridized carbons (Fsp3) is 1.00. The van der Waals surface area contributed by atoms with E-state index >= 15 is 0 Å². The van der Waals surface area contributed by atoms with E-state index in [0.29, 0.717) is 0 Å². The molecular formula is C15H32BrN2+. The molecule has 0 aliphatic carbocycles. The van der Waals surface area contributed by atoms with Crippen LogP contribution in [0.25, 0.3) is 0 Å². The Bertz CT molecular complexity index is 219. The first-order chi connectivity index (χ1) is 8.24. The van der Waals surface area contributed by atoms with Crippen molar-refractivity contribution in [2.75, 3.05) is 52.4 Å². The van der Waals surface area contributed by atoms with E-state index < -0.39 is 0 Å². The van der Waals surface area contributed by atoms with Crippen molar-refractivity contribution in [2.24, 2.45) is 0 Å². The van der Waals surface area contributed by atoms with Gasteiger partial charge in [0.1, 0.15) is 26.2 Å². The predicted octanol–water partition coefficient (Wildman–Crippen LogP) is -0.358. The van der Waals surface area contributed by atoms with Crippen molar-refractivity contribution in [2.45, 2.75) is 46.0 Å². The molecule has 0 aromatic rings. The summed E-state index contributed by atoms with van der Waals surface area (Å²) >= 11 is 0. The average molecular weight is 320 g/mol. The maximum atomic E-state index is 2.38. The summed E-state index contributed by atoms with van der Waals surface area (Å²) in [6, 6.07) is 0. The highest BCUT2D eigenvalue weighted by Crippen LogP contribution is 2.24. The SMILES string of the molecule is CC[N+]1(CC)CC[N+]2(CCCCCCC2)CC1.[Br-]. The molecule has 3 heteroatoms. The third-order valence-electron chi connectivity index (χ3n) is 5.70. The van der Waals surface area contributed by atoms with Crippen molar-refractivity contribution in [1.82, 2.24) is 0 Å². The molecule has 0 radical (unpaired) electrons. The summed E-state index contributed by atoms with van der Waals surface area (Å²) in [5, 5.41) is 0. The van der Waals surface area contributed by atoms with Crippen molar-refractivity contribution < 1.29 is 25.9 Å². The van der Waals surface area contributed by atoms with Crippen LogP contribution in [0.4, 0.5) is 0 Å². The number of hydrogen-bond donors (Lipinski definition) is 0. The summed E-state index contributed by atoms with van der Waals surface area (Å²) in [5.41, 5.74) is 0. The first-order valence-corrected chi connectivity index (χ1v) is 7.94. The van der Waals surface area contributed by atoms with Gasteiger partial charge in [-0.25, -0.2) is 0 Å². The molecule has 2 aliphatic heterocycles. The molecule has 2 rings (SSSR count). The molecular weight excluding hydrogens is 288 g/mol. The molecule has 2 aliphatic rings. The molecule has 0 aromatic carbocycles. The zero-order chi connectivity index (χ0) is 12.2. The molecule has 2 saturated heterocycles. The monoisotopic (exact) mass is 319 g/mol. The first-order valence-electron chi connectivity index (χ1n) is 7.94. The Kier molecular flexibility index (Phi) is 6.63. The Morgan fingerprint density at radius 2 is 1.06 bits per heavy atom. The van der Waals surface area contributed by atoms with Gasteiger partial charge in [-0.3, -0.25) is 0 Å². The molecule has 0 atom stereocenters. The van der Waals surface area contributed by atoms with E-state index in [4.69, 9.17) is 0 Å². The third-order valence-corrected chi connectivity index (χ3v) is 5.70. The molecule has 2 heterocycles. The van der Waals surface area contributed by atoms with Crippen LogP contribution < -0.4 is 17.0 Å². The van der Waals surface area contributed by atoms with E-state index in [-0.39, 0.29) is 17.0 Å². The van der Waals surface area contributed by atoms with Crippen LogP contribution in [-0.4, -0.2) is 61.3 Å². The standard InChI is InChI=1S/C15H32N2.BrH/c1-3-16(4-2)12-14-17(15-13-16)10-8-6-5-7-9-11-17;/h3-15H2,1-2H3;1H/q+2;/p-1. The van der Waals surface area contributed by atoms with Crippen LogP contribution in [0.2, 0.25) is 0 Å². The topological polar surface area (TPSA) is 0 Å². The van der Waals surface area contributed by atoms with E-state index in [0.717, 1.165) is 0 Å². The van der Waals surface area contributed by atoms with Gasteiger partial charge in [-0.2, -0.15) is 0 Å². The van der Waals surface area contributed by atoms with Crippen molar-refractivity contribution >= 4 is 0 Å². The highest BCUT2D eigenvalue weighted by atomic mass is 79.9. The van der Waals surface area contributed by atoms with Gasteiger partial charge in [0, 0.05) is 0 Å². The molecule has 1 spiro atoms. The van der Waals surface area contributed by atoms with Gasteiger partial charge in [0.05, 0.1) is 26.2 Å². The lowest BCUT2D eigenvalue weighted by atomic mass is 10.0. The van der Waals surface area contributed by atoms with Crippen LogP contribution in [-0.2, 0) is 0 Å². The lowest BCUT2D eigenvalue weighted by molar-refractivity contribution is -1.03. The Morgan fingerprint density at radius 1 is 0.611 bits per heavy atom. The fourth-order valence-corrected chi connectivity index (χ4v) is 3.91. The van der Waals surface area contributed by atoms with Crippen LogP contribution in [0.1, 0.15) is 46.0 Å². The minimum absolute atomic E-state index is 0. The second-order valence-corrected chi connectivity index (χ2v) is 6.43. The van der Waals surface area contributed by atoms with Crippen LogP contribution in [0.15, 0.2) is 0 Å². The summed E-state index contributed by atoms with van der Waals surface area (Å²) in [7, 11) is 0. The first kappa shape index (κ1) is 16.5. The number of piperazine rings is 1. The molecule has 2 nitrogen and oxygen atoms in total. The Morgan fingerprint density at radius 3 is 1.50 bits per heavy atom. The van der Waals surface area contributed by atoms with Gasteiger partial charge in [0.25, 0.3) is 0 Å². The Balaban J connectivity index is 0.00000162. The van der Waals surface area contributed by atoms with E-state index in [1.54, 1.807) is 0 Å². The molecule has 2 fully saturated rings. The van der Waals surface area contributed by atoms with Crippen LogP contribution >= 0.6 is 0 Å². The number of likely N-dealkylation sites (N-methyl/N-ethyl adjacent to an activating group) is 1. The molecule has 108 valence electrons. The molecule has 0 amide bonds. The van der Waals surface area contributed by atoms with Crippen LogP contribution in [0.5, 0.6) is 0 Å². The van der Waals surface area contributed by atoms with Gasteiger partial charge in [-0.05, 0) is 39.5 Å². The second kappa shape index (κ2) is 7.25. The summed E-state index contributed by atoms with van der Waals surface area (Å²) in [6.45, 7) is 16.2. The van der Waals surface area contributed by atoms with Crippen molar-refractivity contribution in [3.8, 4) is 0 Å². The lowest BCUT2D eigenvalue weighted by Gasteiger charge is -2.50. The lowest BCUT2D eigenvalue weighted by Crippen LogP contribution is -3.00. The van der Waals surface area contributed by atoms with Gasteiger partial charge >= 0.3 is 0 Å². The van der Waals surface area contributed by atoms with E-state index in [1.807, 2.05) is 0 Å². The van der Waals surface area contributed by atoms with E-state index in [2.05, 4.69) is 13.8 Å². The summed E-state index contributed by atoms with van der Waals surface area (Å²) in [6.07, 6.45) is 7.43. The fourth-order valence-electron chi connectivity index (χ4n) is 3.91. The Labute approximate surface area is 124 Å². The normalized spacial score (nSPS) is 27.0. The van der Waals surface area contributed by atoms with E-state index in [9.17, 15) is 0 Å². The maximum absolute atomic E-state index is 2.38. The highest BCUT2D eigenvalue weighted by molar-refractivity contribution is 4.58. The maximum Gasteiger partial charge on any atom is 0.129 e. The molecule has 0 saturated carbocycles. The van der Waals surface area contributed by atoms with Crippen molar-refractivity contribution in [3.05, 3.63) is 0 Å². The zero-order valence-electron chi connectivity index (χ0n) is 12.5. The van der Waals surface area contributed by atoms with Crippen molar-refractivity contribution in [1.29, 1.82) is 0 Å². The molecule has 0 unspecified atom stereocenters. The van der Waals surface area contributed by atoms with Gasteiger partial charge in [-0.15, -0.1) is 0 Å². The number of quaternary nitrogens is 2. The average Bonchev–Trinajstić information content (AvgIpc) is 2.36. The Hall–Kier alpha value is 0.400. The largest absolute Gasteiger partial charge is 1.00 e. The van der Waals surface area contributed by atoms with Gasteiger partial charge in [-0.1, -0.05) is 6.42 Å². The minimum Gasteiger partial charge on any atom is -1.00 e.